The Balaban J connectivity index is 1.77. The van der Waals surface area contributed by atoms with Gasteiger partial charge in [0.15, 0.2) is 0 Å². The molecule has 3 atom stereocenters. The van der Waals surface area contributed by atoms with E-state index in [1.54, 1.807) is 0 Å². The van der Waals surface area contributed by atoms with E-state index in [0.717, 1.165) is 44.9 Å². The Morgan fingerprint density at radius 1 is 1.42 bits per heavy atom. The van der Waals surface area contributed by atoms with Crippen molar-refractivity contribution in [3.05, 3.63) is 23.4 Å². The van der Waals surface area contributed by atoms with Gasteiger partial charge in [-0.25, -0.2) is 0 Å². The molecule has 2 bridgehead atoms. The van der Waals surface area contributed by atoms with Crippen LogP contribution in [0.1, 0.15) is 72.6 Å². The van der Waals surface area contributed by atoms with Crippen molar-refractivity contribution in [2.24, 2.45) is 11.1 Å². The summed E-state index contributed by atoms with van der Waals surface area (Å²) in [5, 5.41) is 3.69. The van der Waals surface area contributed by atoms with Gasteiger partial charge in [-0.15, -0.1) is 0 Å². The van der Waals surface area contributed by atoms with Crippen LogP contribution in [-0.2, 0) is 9.53 Å². The first kappa shape index (κ1) is 17.5. The van der Waals surface area contributed by atoms with E-state index in [4.69, 9.17) is 10.5 Å². The normalized spacial score (nSPS) is 35.5. The highest BCUT2D eigenvalue weighted by molar-refractivity contribution is 5.79. The number of rotatable bonds is 4. The first-order valence-corrected chi connectivity index (χ1v) is 9.35. The maximum atomic E-state index is 12.8. The average Bonchev–Trinajstić information content (AvgIpc) is 2.98. The molecule has 3 aliphatic rings. The first-order chi connectivity index (χ1) is 11.2. The zero-order chi connectivity index (χ0) is 17.6. The van der Waals surface area contributed by atoms with Crippen LogP contribution >= 0.6 is 0 Å². The van der Waals surface area contributed by atoms with Crippen molar-refractivity contribution in [3.63, 3.8) is 0 Å². The number of ether oxygens (including phenoxy) is 1. The fourth-order valence-electron chi connectivity index (χ4n) is 4.60. The lowest BCUT2D eigenvalue weighted by Gasteiger charge is -2.36. The monoisotopic (exact) mass is 332 g/mol. The summed E-state index contributed by atoms with van der Waals surface area (Å²) in [5.74, 6) is -0.0597. The van der Waals surface area contributed by atoms with E-state index in [0.29, 0.717) is 0 Å². The molecule has 24 heavy (non-hydrogen) atoms. The minimum absolute atomic E-state index is 0.0597. The third-order valence-electron chi connectivity index (χ3n) is 5.89. The molecule has 134 valence electrons. The highest BCUT2D eigenvalue weighted by Gasteiger charge is 2.62. The zero-order valence-corrected chi connectivity index (χ0v) is 15.6. The summed E-state index contributed by atoms with van der Waals surface area (Å²) in [6.45, 7) is 8.00. The second-order valence-corrected chi connectivity index (χ2v) is 8.91. The van der Waals surface area contributed by atoms with E-state index in [1.807, 2.05) is 20.8 Å². The molecule has 0 spiro atoms. The van der Waals surface area contributed by atoms with Gasteiger partial charge in [0, 0.05) is 17.3 Å². The molecular weight excluding hydrogens is 300 g/mol. The predicted molar refractivity (Wildman–Crippen MR) is 96.3 cm³/mol. The van der Waals surface area contributed by atoms with E-state index in [1.165, 1.54) is 11.3 Å². The van der Waals surface area contributed by atoms with E-state index in [-0.39, 0.29) is 17.6 Å². The van der Waals surface area contributed by atoms with Gasteiger partial charge in [0.25, 0.3) is 0 Å². The molecule has 2 saturated carbocycles. The van der Waals surface area contributed by atoms with Crippen molar-refractivity contribution in [2.75, 3.05) is 0 Å². The second kappa shape index (κ2) is 5.91. The molecule has 3 aliphatic carbocycles. The third-order valence-corrected chi connectivity index (χ3v) is 5.89. The lowest BCUT2D eigenvalue weighted by molar-refractivity contribution is -0.167. The summed E-state index contributed by atoms with van der Waals surface area (Å²) >= 11 is 0. The quantitative estimate of drug-likeness (QED) is 0.773. The molecule has 0 aromatic rings. The maximum absolute atomic E-state index is 12.8. The number of hydrogen-bond donors (Lipinski definition) is 2. The molecule has 3 rings (SSSR count). The van der Waals surface area contributed by atoms with Gasteiger partial charge in [0.2, 0.25) is 0 Å². The Morgan fingerprint density at radius 3 is 2.83 bits per heavy atom. The van der Waals surface area contributed by atoms with Gasteiger partial charge in [0.05, 0.1) is 5.41 Å². The number of hydrogen-bond acceptors (Lipinski definition) is 4. The van der Waals surface area contributed by atoms with Crippen LogP contribution in [0.25, 0.3) is 0 Å². The molecule has 0 aliphatic heterocycles. The molecule has 0 radical (unpaired) electrons. The van der Waals surface area contributed by atoms with Crippen LogP contribution in [0.5, 0.6) is 0 Å². The van der Waals surface area contributed by atoms with Gasteiger partial charge in [-0.3, -0.25) is 4.79 Å². The highest BCUT2D eigenvalue weighted by atomic mass is 16.6. The zero-order valence-electron chi connectivity index (χ0n) is 15.6. The Morgan fingerprint density at radius 2 is 2.17 bits per heavy atom. The van der Waals surface area contributed by atoms with Crippen LogP contribution in [0.3, 0.4) is 0 Å². The van der Waals surface area contributed by atoms with Gasteiger partial charge >= 0.3 is 5.97 Å². The van der Waals surface area contributed by atoms with E-state index >= 15 is 0 Å². The standard InChI is InChI=1S/C20H32N2O2/c1-5-14-8-6-7-9-15(14)22-16-12-19(10-11-20(16,21)13-19)17(23)24-18(2,3)4/h7,9,16,22H,5-6,8,10-13,21H2,1-4H3. The number of nitrogens with one attached hydrogen (secondary N) is 1. The Labute approximate surface area is 145 Å². The molecule has 0 amide bonds. The first-order valence-electron chi connectivity index (χ1n) is 9.35. The molecular formula is C20H32N2O2. The number of nitrogens with two attached hydrogens (primary N) is 1. The minimum Gasteiger partial charge on any atom is -0.460 e. The van der Waals surface area contributed by atoms with Crippen molar-refractivity contribution in [1.82, 2.24) is 5.32 Å². The van der Waals surface area contributed by atoms with Crippen LogP contribution in [0, 0.1) is 5.41 Å². The van der Waals surface area contributed by atoms with E-state index in [9.17, 15) is 4.79 Å². The predicted octanol–water partition coefficient (Wildman–Crippen LogP) is 3.57. The summed E-state index contributed by atoms with van der Waals surface area (Å²) in [6.07, 6.45) is 11.0. The Hall–Kier alpha value is -1.29. The Bertz CT molecular complexity index is 587. The molecule has 3 N–H and O–H groups in total. The molecule has 0 aromatic heterocycles. The van der Waals surface area contributed by atoms with Gasteiger partial charge in [0.1, 0.15) is 5.60 Å². The summed E-state index contributed by atoms with van der Waals surface area (Å²) in [7, 11) is 0. The summed E-state index contributed by atoms with van der Waals surface area (Å²) in [4.78, 5) is 12.8. The molecule has 0 saturated heterocycles. The highest BCUT2D eigenvalue weighted by Crippen LogP contribution is 2.56. The fraction of sp³-hybridized carbons (Fsp3) is 0.750. The number of esters is 1. The van der Waals surface area contributed by atoms with Crippen molar-refractivity contribution >= 4 is 5.97 Å². The lowest BCUT2D eigenvalue weighted by atomic mass is 9.81. The Kier molecular flexibility index (Phi) is 4.31. The fourth-order valence-corrected chi connectivity index (χ4v) is 4.60. The van der Waals surface area contributed by atoms with Crippen molar-refractivity contribution < 1.29 is 9.53 Å². The molecule has 0 aromatic carbocycles. The van der Waals surface area contributed by atoms with Crippen LogP contribution in [0.2, 0.25) is 0 Å². The van der Waals surface area contributed by atoms with Crippen LogP contribution < -0.4 is 11.1 Å². The van der Waals surface area contributed by atoms with Gasteiger partial charge < -0.3 is 15.8 Å². The maximum Gasteiger partial charge on any atom is 0.312 e. The third kappa shape index (κ3) is 3.13. The van der Waals surface area contributed by atoms with Crippen molar-refractivity contribution in [3.8, 4) is 0 Å². The summed E-state index contributed by atoms with van der Waals surface area (Å²) in [5.41, 5.74) is 8.27. The van der Waals surface area contributed by atoms with Crippen LogP contribution in [0.4, 0.5) is 0 Å². The van der Waals surface area contributed by atoms with Gasteiger partial charge in [-0.2, -0.15) is 0 Å². The van der Waals surface area contributed by atoms with Gasteiger partial charge in [-0.05, 0) is 77.4 Å². The van der Waals surface area contributed by atoms with E-state index < -0.39 is 11.0 Å². The average molecular weight is 332 g/mol. The summed E-state index contributed by atoms with van der Waals surface area (Å²) in [6, 6.07) is 0.151. The van der Waals surface area contributed by atoms with Crippen LogP contribution in [-0.4, -0.2) is 23.2 Å². The molecule has 2 fully saturated rings. The number of carbonyl (C=O) groups is 1. The number of fused-ring (bicyclic) bond motifs is 2. The van der Waals surface area contributed by atoms with E-state index in [2.05, 4.69) is 24.4 Å². The lowest BCUT2D eigenvalue weighted by Crippen LogP contribution is -2.53. The SMILES string of the molecule is CCC1=C(NC2CC3(C(=O)OC(C)(C)C)CCC2(N)C3)C=CCC1. The minimum atomic E-state index is -0.443. The van der Waals surface area contributed by atoms with Gasteiger partial charge in [-0.1, -0.05) is 13.0 Å². The summed E-state index contributed by atoms with van der Waals surface area (Å²) < 4.78 is 5.72. The van der Waals surface area contributed by atoms with Crippen molar-refractivity contribution in [2.45, 2.75) is 89.8 Å². The molecule has 4 heteroatoms. The second-order valence-electron chi connectivity index (χ2n) is 8.91. The molecule has 4 nitrogen and oxygen atoms in total. The van der Waals surface area contributed by atoms with Crippen LogP contribution in [0.15, 0.2) is 23.4 Å². The largest absolute Gasteiger partial charge is 0.460 e. The number of carbonyl (C=O) groups excluding carboxylic acids is 1. The number of allylic oxidation sites excluding steroid dienone is 3. The van der Waals surface area contributed by atoms with Crippen molar-refractivity contribution in [1.29, 1.82) is 0 Å². The molecule has 0 heterocycles. The smallest absolute Gasteiger partial charge is 0.312 e. The topological polar surface area (TPSA) is 64.3 Å². The molecule has 3 unspecified atom stereocenters.